The quantitative estimate of drug-likeness (QED) is 0.760. The maximum Gasteiger partial charge on any atom is 0.224 e. The highest BCUT2D eigenvalue weighted by atomic mass is 19.1. The Morgan fingerprint density at radius 2 is 2.15 bits per heavy atom. The molecule has 1 aromatic carbocycles. The Balaban J connectivity index is 2.63. The van der Waals surface area contributed by atoms with Crippen LogP contribution >= 0.6 is 0 Å². The van der Waals surface area contributed by atoms with Crippen LogP contribution in [0.5, 0.6) is 0 Å². The standard InChI is InChI=1S/C10H11FNO/c1-2-5-10(13)12-9-7-4-3-6-8(9)11/h3-4,6-7H,1-2,5H2,(H,12,13). The summed E-state index contributed by atoms with van der Waals surface area (Å²) >= 11 is 0. The zero-order chi connectivity index (χ0) is 9.68. The van der Waals surface area contributed by atoms with Crippen molar-refractivity contribution >= 4 is 11.6 Å². The lowest BCUT2D eigenvalue weighted by molar-refractivity contribution is -0.116. The number of halogens is 1. The highest BCUT2D eigenvalue weighted by molar-refractivity contribution is 5.90. The number of hydrogen-bond acceptors (Lipinski definition) is 1. The van der Waals surface area contributed by atoms with Crippen LogP contribution in [0.25, 0.3) is 0 Å². The molecule has 69 valence electrons. The second-order valence-corrected chi connectivity index (χ2v) is 2.63. The number of amides is 1. The third-order valence-corrected chi connectivity index (χ3v) is 1.55. The average molecular weight is 180 g/mol. The summed E-state index contributed by atoms with van der Waals surface area (Å²) in [7, 11) is 0. The fraction of sp³-hybridized carbons (Fsp3) is 0.200. The summed E-state index contributed by atoms with van der Waals surface area (Å²) in [5.41, 5.74) is 0.223. The van der Waals surface area contributed by atoms with Gasteiger partial charge in [-0.25, -0.2) is 4.39 Å². The van der Waals surface area contributed by atoms with Gasteiger partial charge in [-0.2, -0.15) is 0 Å². The van der Waals surface area contributed by atoms with Crippen molar-refractivity contribution in [2.24, 2.45) is 0 Å². The smallest absolute Gasteiger partial charge is 0.224 e. The molecule has 0 saturated carbocycles. The molecule has 0 heterocycles. The summed E-state index contributed by atoms with van der Waals surface area (Å²) in [5, 5.41) is 2.46. The van der Waals surface area contributed by atoms with E-state index in [2.05, 4.69) is 12.2 Å². The van der Waals surface area contributed by atoms with Crippen molar-refractivity contribution in [2.75, 3.05) is 5.32 Å². The lowest BCUT2D eigenvalue weighted by Gasteiger charge is -2.04. The van der Waals surface area contributed by atoms with Crippen LogP contribution < -0.4 is 5.32 Å². The molecule has 0 aliphatic carbocycles. The Morgan fingerprint density at radius 1 is 1.46 bits per heavy atom. The van der Waals surface area contributed by atoms with Crippen LogP contribution in [-0.2, 0) is 4.79 Å². The Kier molecular flexibility index (Phi) is 3.43. The van der Waals surface area contributed by atoms with Crippen LogP contribution in [0.4, 0.5) is 10.1 Å². The number of nitrogens with one attached hydrogen (secondary N) is 1. The number of benzene rings is 1. The first-order valence-corrected chi connectivity index (χ1v) is 4.07. The van der Waals surface area contributed by atoms with Gasteiger partial charge < -0.3 is 5.32 Å². The van der Waals surface area contributed by atoms with Gasteiger partial charge in [-0.05, 0) is 18.6 Å². The van der Waals surface area contributed by atoms with E-state index >= 15 is 0 Å². The maximum atomic E-state index is 13.0. The third kappa shape index (κ3) is 2.86. The summed E-state index contributed by atoms with van der Waals surface area (Å²) in [5.74, 6) is -0.625. The highest BCUT2D eigenvalue weighted by Crippen LogP contribution is 2.12. The Bertz CT molecular complexity index is 299. The first kappa shape index (κ1) is 9.71. The third-order valence-electron chi connectivity index (χ3n) is 1.55. The minimum absolute atomic E-state index is 0.208. The monoisotopic (exact) mass is 180 g/mol. The molecule has 0 aliphatic heterocycles. The number of para-hydroxylation sites is 1. The van der Waals surface area contributed by atoms with Crippen molar-refractivity contribution in [3.63, 3.8) is 0 Å². The molecule has 0 fully saturated rings. The molecule has 0 atom stereocenters. The maximum absolute atomic E-state index is 13.0. The van der Waals surface area contributed by atoms with Gasteiger partial charge in [0.25, 0.3) is 0 Å². The van der Waals surface area contributed by atoms with E-state index in [-0.39, 0.29) is 11.6 Å². The molecule has 0 aliphatic rings. The lowest BCUT2D eigenvalue weighted by Crippen LogP contribution is -2.11. The molecule has 1 N–H and O–H groups in total. The molecule has 0 unspecified atom stereocenters. The van der Waals surface area contributed by atoms with E-state index in [4.69, 9.17) is 0 Å². The van der Waals surface area contributed by atoms with E-state index in [1.165, 1.54) is 12.1 Å². The van der Waals surface area contributed by atoms with E-state index in [0.717, 1.165) is 0 Å². The number of rotatable bonds is 3. The molecule has 13 heavy (non-hydrogen) atoms. The Labute approximate surface area is 76.8 Å². The second-order valence-electron chi connectivity index (χ2n) is 2.63. The normalized spacial score (nSPS) is 9.69. The molecule has 1 aromatic rings. The molecule has 0 aromatic heterocycles. The Hall–Kier alpha value is -1.38. The molecule has 1 rings (SSSR count). The summed E-state index contributed by atoms with van der Waals surface area (Å²) in [6.07, 6.45) is 0.828. The SMILES string of the molecule is [CH2]CCC(=O)Nc1ccccc1F. The lowest BCUT2D eigenvalue weighted by atomic mass is 10.2. The molecular weight excluding hydrogens is 169 g/mol. The minimum Gasteiger partial charge on any atom is -0.324 e. The van der Waals surface area contributed by atoms with Gasteiger partial charge in [-0.15, -0.1) is 0 Å². The van der Waals surface area contributed by atoms with Crippen molar-refractivity contribution in [1.82, 2.24) is 0 Å². The van der Waals surface area contributed by atoms with Gasteiger partial charge >= 0.3 is 0 Å². The first-order valence-electron chi connectivity index (χ1n) is 4.07. The minimum atomic E-state index is -0.417. The molecule has 1 amide bonds. The predicted molar refractivity (Wildman–Crippen MR) is 49.6 cm³/mol. The fourth-order valence-corrected chi connectivity index (χ4v) is 0.936. The van der Waals surface area contributed by atoms with Crippen LogP contribution in [0.3, 0.4) is 0 Å². The highest BCUT2D eigenvalue weighted by Gasteiger charge is 2.03. The van der Waals surface area contributed by atoms with Gasteiger partial charge in [0.1, 0.15) is 5.82 Å². The van der Waals surface area contributed by atoms with Gasteiger partial charge in [-0.1, -0.05) is 19.1 Å². The topological polar surface area (TPSA) is 29.1 Å². The van der Waals surface area contributed by atoms with E-state index in [1.807, 2.05) is 0 Å². The van der Waals surface area contributed by atoms with Crippen molar-refractivity contribution in [1.29, 1.82) is 0 Å². The van der Waals surface area contributed by atoms with Crippen molar-refractivity contribution in [3.8, 4) is 0 Å². The van der Waals surface area contributed by atoms with Gasteiger partial charge in [-0.3, -0.25) is 4.79 Å². The van der Waals surface area contributed by atoms with Crippen LogP contribution in [0, 0.1) is 12.7 Å². The van der Waals surface area contributed by atoms with E-state index in [1.54, 1.807) is 12.1 Å². The summed E-state index contributed by atoms with van der Waals surface area (Å²) in [6, 6.07) is 6.07. The number of hydrogen-bond donors (Lipinski definition) is 1. The Morgan fingerprint density at radius 3 is 2.77 bits per heavy atom. The molecule has 3 heteroatoms. The number of carbonyl (C=O) groups is 1. The molecule has 0 spiro atoms. The summed E-state index contributed by atoms with van der Waals surface area (Å²) < 4.78 is 13.0. The number of carbonyl (C=O) groups excluding carboxylic acids is 1. The van der Waals surface area contributed by atoms with Crippen molar-refractivity contribution in [3.05, 3.63) is 37.0 Å². The molecule has 1 radical (unpaired) electrons. The first-order chi connectivity index (χ1) is 6.24. The van der Waals surface area contributed by atoms with E-state index in [9.17, 15) is 9.18 Å². The fourth-order valence-electron chi connectivity index (χ4n) is 0.936. The van der Waals surface area contributed by atoms with Crippen molar-refractivity contribution in [2.45, 2.75) is 12.8 Å². The molecule has 2 nitrogen and oxygen atoms in total. The molecular formula is C10H11FNO. The van der Waals surface area contributed by atoms with Gasteiger partial charge in [0.15, 0.2) is 0 Å². The summed E-state index contributed by atoms with van der Waals surface area (Å²) in [4.78, 5) is 11.0. The molecule has 0 bridgehead atoms. The second kappa shape index (κ2) is 4.60. The van der Waals surface area contributed by atoms with E-state index in [0.29, 0.717) is 12.8 Å². The van der Waals surface area contributed by atoms with Gasteiger partial charge in [0.05, 0.1) is 5.69 Å². The predicted octanol–water partition coefficient (Wildman–Crippen LogP) is 2.38. The zero-order valence-electron chi connectivity index (χ0n) is 7.22. The van der Waals surface area contributed by atoms with Crippen LogP contribution in [0.1, 0.15) is 12.8 Å². The largest absolute Gasteiger partial charge is 0.324 e. The summed E-state index contributed by atoms with van der Waals surface area (Å²) in [6.45, 7) is 3.54. The van der Waals surface area contributed by atoms with Crippen LogP contribution in [0.2, 0.25) is 0 Å². The van der Waals surface area contributed by atoms with Crippen LogP contribution in [0.15, 0.2) is 24.3 Å². The zero-order valence-corrected chi connectivity index (χ0v) is 7.22. The van der Waals surface area contributed by atoms with Gasteiger partial charge in [0.2, 0.25) is 5.91 Å². The molecule has 0 saturated heterocycles. The van der Waals surface area contributed by atoms with Crippen molar-refractivity contribution < 1.29 is 9.18 Å². The van der Waals surface area contributed by atoms with E-state index < -0.39 is 5.82 Å². The number of anilines is 1. The van der Waals surface area contributed by atoms with Crippen LogP contribution in [-0.4, -0.2) is 5.91 Å². The average Bonchev–Trinajstić information content (AvgIpc) is 2.09. The van der Waals surface area contributed by atoms with Gasteiger partial charge in [0, 0.05) is 6.42 Å².